The van der Waals surface area contributed by atoms with Gasteiger partial charge in [0.1, 0.15) is 0 Å². The van der Waals surface area contributed by atoms with Gasteiger partial charge in [-0.15, -0.1) is 0 Å². The van der Waals surface area contributed by atoms with Crippen LogP contribution in [-0.2, 0) is 12.8 Å². The molecular weight excluding hydrogens is 306 g/mol. The highest BCUT2D eigenvalue weighted by atomic mass is 32.2. The van der Waals surface area contributed by atoms with Crippen LogP contribution in [0.1, 0.15) is 15.9 Å². The Morgan fingerprint density at radius 1 is 1.13 bits per heavy atom. The molecular formula is C18H17N3OS. The molecule has 3 aromatic rings. The third kappa shape index (κ3) is 3.46. The van der Waals surface area contributed by atoms with Gasteiger partial charge in [-0.05, 0) is 23.3 Å². The van der Waals surface area contributed by atoms with E-state index in [2.05, 4.69) is 21.7 Å². The summed E-state index contributed by atoms with van der Waals surface area (Å²) in [4.78, 5) is 15.6. The minimum Gasteiger partial charge on any atom is -0.366 e. The number of carbonyl (C=O) groups is 1. The van der Waals surface area contributed by atoms with E-state index in [9.17, 15) is 4.79 Å². The van der Waals surface area contributed by atoms with Gasteiger partial charge in [0.2, 0.25) is 5.91 Å². The number of benzene rings is 2. The second kappa shape index (κ2) is 6.71. The Bertz CT molecular complexity index is 810. The number of aromatic nitrogens is 2. The number of primary amides is 1. The lowest BCUT2D eigenvalue weighted by atomic mass is 10.1. The molecule has 0 saturated carbocycles. The summed E-state index contributed by atoms with van der Waals surface area (Å²) in [6.45, 7) is 0. The van der Waals surface area contributed by atoms with E-state index >= 15 is 0 Å². The monoisotopic (exact) mass is 323 g/mol. The summed E-state index contributed by atoms with van der Waals surface area (Å²) >= 11 is 1.67. The van der Waals surface area contributed by atoms with Gasteiger partial charge in [-0.25, -0.2) is 4.98 Å². The number of carbonyl (C=O) groups excluding carboxylic acids is 1. The minimum absolute atomic E-state index is 0.402. The van der Waals surface area contributed by atoms with Gasteiger partial charge >= 0.3 is 0 Å². The maximum atomic E-state index is 11.1. The molecule has 1 amide bonds. The van der Waals surface area contributed by atoms with Crippen LogP contribution in [0.3, 0.4) is 0 Å². The smallest absolute Gasteiger partial charge is 0.248 e. The predicted molar refractivity (Wildman–Crippen MR) is 93.2 cm³/mol. The lowest BCUT2D eigenvalue weighted by Gasteiger charge is -2.06. The molecule has 0 saturated heterocycles. The molecule has 0 atom stereocenters. The zero-order valence-electron chi connectivity index (χ0n) is 12.8. The van der Waals surface area contributed by atoms with Gasteiger partial charge in [-0.2, -0.15) is 0 Å². The fraction of sp³-hybridized carbons (Fsp3) is 0.111. The summed E-state index contributed by atoms with van der Waals surface area (Å²) < 4.78 is 2.10. The summed E-state index contributed by atoms with van der Waals surface area (Å²) in [6.07, 6.45) is 1.90. The third-order valence-electron chi connectivity index (χ3n) is 3.62. The number of nitrogens with zero attached hydrogens (tertiary/aromatic N) is 2. The van der Waals surface area contributed by atoms with Crippen molar-refractivity contribution in [3.05, 3.63) is 71.9 Å². The van der Waals surface area contributed by atoms with Gasteiger partial charge in [0.05, 0.1) is 11.9 Å². The number of hydrogen-bond donors (Lipinski definition) is 1. The average Bonchev–Trinajstić information content (AvgIpc) is 2.95. The van der Waals surface area contributed by atoms with E-state index in [1.54, 1.807) is 23.9 Å². The van der Waals surface area contributed by atoms with E-state index in [-0.39, 0.29) is 0 Å². The Morgan fingerprint density at radius 3 is 2.48 bits per heavy atom. The van der Waals surface area contributed by atoms with Crippen LogP contribution in [0.5, 0.6) is 0 Å². The van der Waals surface area contributed by atoms with Gasteiger partial charge in [-0.3, -0.25) is 4.79 Å². The molecule has 4 nitrogen and oxygen atoms in total. The quantitative estimate of drug-likeness (QED) is 0.731. The lowest BCUT2D eigenvalue weighted by molar-refractivity contribution is 0.100. The number of rotatable bonds is 5. The van der Waals surface area contributed by atoms with Crippen LogP contribution >= 0.6 is 11.8 Å². The maximum Gasteiger partial charge on any atom is 0.248 e. The van der Waals surface area contributed by atoms with Crippen molar-refractivity contribution >= 4 is 17.7 Å². The van der Waals surface area contributed by atoms with Crippen LogP contribution < -0.4 is 5.73 Å². The Kier molecular flexibility index (Phi) is 4.48. The van der Waals surface area contributed by atoms with Crippen LogP contribution in [-0.4, -0.2) is 15.5 Å². The SMILES string of the molecule is Cn1c(-c2ccccc2)cnc1SCc1ccc(C(N)=O)cc1. The highest BCUT2D eigenvalue weighted by Crippen LogP contribution is 2.26. The van der Waals surface area contributed by atoms with Gasteiger partial charge in [-0.1, -0.05) is 54.2 Å². The zero-order valence-corrected chi connectivity index (χ0v) is 13.6. The summed E-state index contributed by atoms with van der Waals surface area (Å²) in [5.41, 5.74) is 9.16. The molecule has 0 spiro atoms. The molecule has 1 aromatic heterocycles. The molecule has 0 bridgehead atoms. The number of amides is 1. The molecule has 0 aliphatic rings. The van der Waals surface area contributed by atoms with Crippen LogP contribution in [0.2, 0.25) is 0 Å². The van der Waals surface area contributed by atoms with Crippen molar-refractivity contribution < 1.29 is 4.79 Å². The Morgan fingerprint density at radius 2 is 1.83 bits per heavy atom. The Labute approximate surface area is 139 Å². The van der Waals surface area contributed by atoms with Crippen LogP contribution in [0.25, 0.3) is 11.3 Å². The molecule has 5 heteroatoms. The van der Waals surface area contributed by atoms with Crippen LogP contribution in [0, 0.1) is 0 Å². The van der Waals surface area contributed by atoms with E-state index in [1.807, 2.05) is 43.6 Å². The average molecular weight is 323 g/mol. The van der Waals surface area contributed by atoms with Gasteiger partial charge in [0.15, 0.2) is 5.16 Å². The second-order valence-electron chi connectivity index (χ2n) is 5.20. The number of hydrogen-bond acceptors (Lipinski definition) is 3. The first kappa shape index (κ1) is 15.4. The minimum atomic E-state index is -0.402. The van der Waals surface area contributed by atoms with Crippen molar-refractivity contribution in [2.24, 2.45) is 12.8 Å². The molecule has 2 N–H and O–H groups in total. The standard InChI is InChI=1S/C18H17N3OS/c1-21-16(14-5-3-2-4-6-14)11-20-18(21)23-12-13-7-9-15(10-8-13)17(19)22/h2-11H,12H2,1H3,(H2,19,22). The van der Waals surface area contributed by atoms with Crippen LogP contribution in [0.4, 0.5) is 0 Å². The molecule has 2 aromatic carbocycles. The maximum absolute atomic E-state index is 11.1. The molecule has 0 unspecified atom stereocenters. The number of imidazole rings is 1. The molecule has 0 aliphatic heterocycles. The van der Waals surface area contributed by atoms with E-state index < -0.39 is 5.91 Å². The molecule has 116 valence electrons. The predicted octanol–water partition coefficient (Wildman–Crippen LogP) is 3.48. The molecule has 3 rings (SSSR count). The van der Waals surface area contributed by atoms with Crippen molar-refractivity contribution in [1.29, 1.82) is 0 Å². The summed E-state index contributed by atoms with van der Waals surface area (Å²) in [5.74, 6) is 0.388. The van der Waals surface area contributed by atoms with Gasteiger partial charge in [0, 0.05) is 18.4 Å². The fourth-order valence-electron chi connectivity index (χ4n) is 2.32. The topological polar surface area (TPSA) is 60.9 Å². The normalized spacial score (nSPS) is 10.7. The van der Waals surface area contributed by atoms with Crippen LogP contribution in [0.15, 0.2) is 66.0 Å². The van der Waals surface area contributed by atoms with Crippen molar-refractivity contribution in [3.8, 4) is 11.3 Å². The lowest BCUT2D eigenvalue weighted by Crippen LogP contribution is -2.10. The highest BCUT2D eigenvalue weighted by Gasteiger charge is 2.09. The van der Waals surface area contributed by atoms with E-state index in [4.69, 9.17) is 5.73 Å². The molecule has 0 radical (unpaired) electrons. The Balaban J connectivity index is 1.72. The van der Waals surface area contributed by atoms with E-state index in [1.165, 1.54) is 0 Å². The van der Waals surface area contributed by atoms with Crippen molar-refractivity contribution in [3.63, 3.8) is 0 Å². The summed E-state index contributed by atoms with van der Waals surface area (Å²) in [6, 6.07) is 17.6. The Hall–Kier alpha value is -2.53. The second-order valence-corrected chi connectivity index (χ2v) is 6.14. The fourth-order valence-corrected chi connectivity index (χ4v) is 3.22. The van der Waals surface area contributed by atoms with Crippen molar-refractivity contribution in [2.75, 3.05) is 0 Å². The first-order chi connectivity index (χ1) is 11.1. The largest absolute Gasteiger partial charge is 0.366 e. The first-order valence-electron chi connectivity index (χ1n) is 7.24. The first-order valence-corrected chi connectivity index (χ1v) is 8.22. The number of thioether (sulfide) groups is 1. The van der Waals surface area contributed by atoms with Gasteiger partial charge in [0.25, 0.3) is 0 Å². The van der Waals surface area contributed by atoms with Crippen molar-refractivity contribution in [2.45, 2.75) is 10.9 Å². The highest BCUT2D eigenvalue weighted by molar-refractivity contribution is 7.98. The number of nitrogens with two attached hydrogens (primary N) is 1. The van der Waals surface area contributed by atoms with Crippen molar-refractivity contribution in [1.82, 2.24) is 9.55 Å². The van der Waals surface area contributed by atoms with E-state index in [0.717, 1.165) is 27.7 Å². The summed E-state index contributed by atoms with van der Waals surface area (Å²) in [7, 11) is 2.02. The van der Waals surface area contributed by atoms with Gasteiger partial charge < -0.3 is 10.3 Å². The zero-order chi connectivity index (χ0) is 16.2. The van der Waals surface area contributed by atoms with E-state index in [0.29, 0.717) is 5.56 Å². The third-order valence-corrected chi connectivity index (χ3v) is 4.74. The molecule has 0 fully saturated rings. The molecule has 1 heterocycles. The summed E-state index contributed by atoms with van der Waals surface area (Å²) in [5, 5.41) is 0.961. The molecule has 23 heavy (non-hydrogen) atoms. The molecule has 0 aliphatic carbocycles.